The van der Waals surface area contributed by atoms with E-state index in [2.05, 4.69) is 29.6 Å². The van der Waals surface area contributed by atoms with E-state index in [-0.39, 0.29) is 11.9 Å². The van der Waals surface area contributed by atoms with Gasteiger partial charge in [0, 0.05) is 6.54 Å². The van der Waals surface area contributed by atoms with Crippen LogP contribution in [0.2, 0.25) is 0 Å². The highest BCUT2D eigenvalue weighted by atomic mass is 16.2. The van der Waals surface area contributed by atoms with Crippen molar-refractivity contribution in [2.24, 2.45) is 0 Å². The van der Waals surface area contributed by atoms with Crippen LogP contribution < -0.4 is 10.6 Å². The van der Waals surface area contributed by atoms with Crippen molar-refractivity contribution >= 4 is 5.91 Å². The molecule has 15 heavy (non-hydrogen) atoms. The van der Waals surface area contributed by atoms with Gasteiger partial charge in [-0.3, -0.25) is 4.79 Å². The zero-order valence-corrected chi connectivity index (χ0v) is 9.88. The third-order valence-corrected chi connectivity index (χ3v) is 2.71. The Morgan fingerprint density at radius 3 is 2.87 bits per heavy atom. The number of amides is 1. The average Bonchev–Trinajstić information content (AvgIpc) is 2.69. The fourth-order valence-electron chi connectivity index (χ4n) is 1.80. The van der Waals surface area contributed by atoms with Gasteiger partial charge in [-0.2, -0.15) is 0 Å². The second kappa shape index (κ2) is 6.80. The Morgan fingerprint density at radius 2 is 2.27 bits per heavy atom. The number of nitrogens with zero attached hydrogens (tertiary/aromatic N) is 1. The second-order valence-corrected chi connectivity index (χ2v) is 4.45. The third kappa shape index (κ3) is 5.14. The van der Waals surface area contributed by atoms with Gasteiger partial charge < -0.3 is 15.5 Å². The summed E-state index contributed by atoms with van der Waals surface area (Å²) in [6.45, 7) is 2.89. The first-order valence-corrected chi connectivity index (χ1v) is 5.86. The zero-order valence-electron chi connectivity index (χ0n) is 9.88. The van der Waals surface area contributed by atoms with Crippen LogP contribution >= 0.6 is 0 Å². The lowest BCUT2D eigenvalue weighted by molar-refractivity contribution is -0.122. The molecule has 1 atom stereocenters. The Balaban J connectivity index is 1.97. The normalized spacial score (nSPS) is 20.9. The summed E-state index contributed by atoms with van der Waals surface area (Å²) < 4.78 is 0. The van der Waals surface area contributed by atoms with Gasteiger partial charge >= 0.3 is 0 Å². The molecule has 4 heteroatoms. The Hall–Kier alpha value is -0.610. The number of carbonyl (C=O) groups excluding carboxylic acids is 1. The van der Waals surface area contributed by atoms with E-state index in [9.17, 15) is 4.79 Å². The summed E-state index contributed by atoms with van der Waals surface area (Å²) in [4.78, 5) is 13.7. The van der Waals surface area contributed by atoms with E-state index in [1.807, 2.05) is 0 Å². The van der Waals surface area contributed by atoms with Crippen LogP contribution in [0.4, 0.5) is 0 Å². The highest BCUT2D eigenvalue weighted by Crippen LogP contribution is 2.04. The fourth-order valence-corrected chi connectivity index (χ4v) is 1.80. The highest BCUT2D eigenvalue weighted by molar-refractivity contribution is 5.81. The Bertz CT molecular complexity index is 188. The lowest BCUT2D eigenvalue weighted by atomic mass is 10.2. The summed E-state index contributed by atoms with van der Waals surface area (Å²) in [6, 6.07) is 0.0684. The minimum Gasteiger partial charge on any atom is -0.355 e. The molecule has 0 aromatic rings. The number of rotatable bonds is 6. The van der Waals surface area contributed by atoms with E-state index in [0.717, 1.165) is 45.3 Å². The molecule has 0 bridgehead atoms. The first kappa shape index (κ1) is 12.5. The van der Waals surface area contributed by atoms with Crippen LogP contribution in [0.25, 0.3) is 0 Å². The molecular weight excluding hydrogens is 190 g/mol. The number of hydrogen-bond acceptors (Lipinski definition) is 3. The van der Waals surface area contributed by atoms with Crippen LogP contribution in [0.1, 0.15) is 25.7 Å². The van der Waals surface area contributed by atoms with E-state index in [4.69, 9.17) is 0 Å². The van der Waals surface area contributed by atoms with Gasteiger partial charge in [-0.05, 0) is 52.9 Å². The molecule has 1 aliphatic rings. The minimum absolute atomic E-state index is 0.0684. The average molecular weight is 213 g/mol. The largest absolute Gasteiger partial charge is 0.355 e. The molecule has 4 nitrogen and oxygen atoms in total. The van der Waals surface area contributed by atoms with Gasteiger partial charge in [0.15, 0.2) is 0 Å². The van der Waals surface area contributed by atoms with Gasteiger partial charge in [-0.1, -0.05) is 0 Å². The summed E-state index contributed by atoms with van der Waals surface area (Å²) in [5.74, 6) is 0.178. The topological polar surface area (TPSA) is 44.4 Å². The van der Waals surface area contributed by atoms with E-state index in [0.29, 0.717) is 0 Å². The molecule has 1 aliphatic heterocycles. The van der Waals surface area contributed by atoms with Gasteiger partial charge in [-0.15, -0.1) is 0 Å². The molecule has 2 N–H and O–H groups in total. The predicted octanol–water partition coefficient (Wildman–Crippen LogP) is 0.196. The SMILES string of the molecule is CN(C)CCCCNC(=O)[C@H]1CCCN1. The predicted molar refractivity (Wildman–Crippen MR) is 61.8 cm³/mol. The fraction of sp³-hybridized carbons (Fsp3) is 0.909. The molecule has 1 saturated heterocycles. The lowest BCUT2D eigenvalue weighted by Crippen LogP contribution is -2.40. The van der Waals surface area contributed by atoms with Crippen molar-refractivity contribution in [1.29, 1.82) is 0 Å². The maximum atomic E-state index is 11.6. The smallest absolute Gasteiger partial charge is 0.237 e. The maximum Gasteiger partial charge on any atom is 0.237 e. The molecule has 0 aromatic carbocycles. The summed E-state index contributed by atoms with van der Waals surface area (Å²) in [5, 5.41) is 6.17. The minimum atomic E-state index is 0.0684. The molecule has 0 spiro atoms. The van der Waals surface area contributed by atoms with Gasteiger partial charge in [0.25, 0.3) is 0 Å². The third-order valence-electron chi connectivity index (χ3n) is 2.71. The number of nitrogens with one attached hydrogen (secondary N) is 2. The Kier molecular flexibility index (Phi) is 5.65. The van der Waals surface area contributed by atoms with Gasteiger partial charge in [0.1, 0.15) is 0 Å². The standard InChI is InChI=1S/C11H23N3O/c1-14(2)9-4-3-7-13-11(15)10-6-5-8-12-10/h10,12H,3-9H2,1-2H3,(H,13,15)/t10-/m1/s1. The molecule has 1 heterocycles. The van der Waals surface area contributed by atoms with E-state index in [1.54, 1.807) is 0 Å². The molecule has 0 radical (unpaired) electrons. The first-order chi connectivity index (χ1) is 7.20. The zero-order chi connectivity index (χ0) is 11.1. The van der Waals surface area contributed by atoms with Crippen LogP contribution in [0.5, 0.6) is 0 Å². The van der Waals surface area contributed by atoms with Gasteiger partial charge in [0.2, 0.25) is 5.91 Å². The van der Waals surface area contributed by atoms with Crippen LogP contribution in [-0.2, 0) is 4.79 Å². The summed E-state index contributed by atoms with van der Waals surface area (Å²) >= 11 is 0. The van der Waals surface area contributed by atoms with Gasteiger partial charge in [0.05, 0.1) is 6.04 Å². The van der Waals surface area contributed by atoms with Crippen molar-refractivity contribution in [3.05, 3.63) is 0 Å². The molecule has 1 amide bonds. The van der Waals surface area contributed by atoms with Crippen molar-refractivity contribution in [3.8, 4) is 0 Å². The van der Waals surface area contributed by atoms with E-state index in [1.165, 1.54) is 0 Å². The number of carbonyl (C=O) groups is 1. The van der Waals surface area contributed by atoms with Crippen LogP contribution in [0, 0.1) is 0 Å². The Labute approximate surface area is 92.4 Å². The molecule has 0 unspecified atom stereocenters. The summed E-state index contributed by atoms with van der Waals surface area (Å²) in [6.07, 6.45) is 4.32. The van der Waals surface area contributed by atoms with Crippen LogP contribution in [0.3, 0.4) is 0 Å². The van der Waals surface area contributed by atoms with Crippen molar-refractivity contribution < 1.29 is 4.79 Å². The summed E-state index contributed by atoms with van der Waals surface area (Å²) in [7, 11) is 4.14. The Morgan fingerprint density at radius 1 is 1.47 bits per heavy atom. The van der Waals surface area contributed by atoms with Crippen molar-refractivity contribution in [2.75, 3.05) is 33.7 Å². The second-order valence-electron chi connectivity index (χ2n) is 4.45. The monoisotopic (exact) mass is 213 g/mol. The molecule has 88 valence electrons. The van der Waals surface area contributed by atoms with Crippen molar-refractivity contribution in [3.63, 3.8) is 0 Å². The molecule has 0 saturated carbocycles. The number of hydrogen-bond donors (Lipinski definition) is 2. The lowest BCUT2D eigenvalue weighted by Gasteiger charge is -2.12. The summed E-state index contributed by atoms with van der Waals surface area (Å²) in [5.41, 5.74) is 0. The van der Waals surface area contributed by atoms with Crippen LogP contribution in [0.15, 0.2) is 0 Å². The molecule has 1 fully saturated rings. The maximum absolute atomic E-state index is 11.6. The molecular formula is C11H23N3O. The molecule has 0 aliphatic carbocycles. The molecule has 0 aromatic heterocycles. The van der Waals surface area contributed by atoms with E-state index < -0.39 is 0 Å². The van der Waals surface area contributed by atoms with Crippen molar-refractivity contribution in [2.45, 2.75) is 31.7 Å². The molecule has 1 rings (SSSR count). The number of unbranched alkanes of at least 4 members (excludes halogenated alkanes) is 1. The quantitative estimate of drug-likeness (QED) is 0.619. The van der Waals surface area contributed by atoms with Gasteiger partial charge in [-0.25, -0.2) is 0 Å². The van der Waals surface area contributed by atoms with Crippen molar-refractivity contribution in [1.82, 2.24) is 15.5 Å². The first-order valence-electron chi connectivity index (χ1n) is 5.86. The van der Waals surface area contributed by atoms with Crippen LogP contribution in [-0.4, -0.2) is 50.6 Å². The highest BCUT2D eigenvalue weighted by Gasteiger charge is 2.20. The van der Waals surface area contributed by atoms with E-state index >= 15 is 0 Å².